The van der Waals surface area contributed by atoms with Crippen molar-refractivity contribution in [3.05, 3.63) is 23.8 Å². The maximum Gasteiger partial charge on any atom is 0.321 e. The highest BCUT2D eigenvalue weighted by atomic mass is 32.2. The maximum absolute atomic E-state index is 12.1. The first-order valence-electron chi connectivity index (χ1n) is 6.30. The number of benzene rings is 1. The van der Waals surface area contributed by atoms with E-state index in [9.17, 15) is 13.2 Å². The quantitative estimate of drug-likeness (QED) is 0.797. The molecule has 0 aliphatic rings. The molecule has 0 radical (unpaired) electrons. The van der Waals surface area contributed by atoms with Crippen LogP contribution in [0, 0.1) is 6.92 Å². The minimum atomic E-state index is -3.86. The molecule has 0 bridgehead atoms. The number of rotatable bonds is 7. The van der Waals surface area contributed by atoms with Crippen molar-refractivity contribution >= 4 is 16.0 Å². The van der Waals surface area contributed by atoms with E-state index in [0.29, 0.717) is 17.9 Å². The van der Waals surface area contributed by atoms with Crippen molar-refractivity contribution < 1.29 is 23.1 Å². The summed E-state index contributed by atoms with van der Waals surface area (Å²) in [6.45, 7) is 5.66. The number of aryl methyl sites for hydroxylation is 1. The molecule has 1 unspecified atom stereocenters. The summed E-state index contributed by atoms with van der Waals surface area (Å²) in [6.07, 6.45) is 0.171. The average molecular weight is 301 g/mol. The van der Waals surface area contributed by atoms with Crippen molar-refractivity contribution in [2.45, 2.75) is 38.1 Å². The number of hydrogen-bond acceptors (Lipinski definition) is 4. The summed E-state index contributed by atoms with van der Waals surface area (Å²) in [6, 6.07) is 3.29. The zero-order valence-corrected chi connectivity index (χ0v) is 12.5. The normalized spacial score (nSPS) is 12.9. The Labute approximate surface area is 118 Å². The number of ether oxygens (including phenoxy) is 1. The van der Waals surface area contributed by atoms with E-state index in [-0.39, 0.29) is 11.3 Å². The molecule has 2 N–H and O–H groups in total. The van der Waals surface area contributed by atoms with E-state index in [1.54, 1.807) is 19.9 Å². The molecule has 1 aromatic rings. The monoisotopic (exact) mass is 301 g/mol. The van der Waals surface area contributed by atoms with E-state index in [1.807, 2.05) is 6.92 Å². The van der Waals surface area contributed by atoms with Crippen LogP contribution < -0.4 is 9.46 Å². The van der Waals surface area contributed by atoms with Crippen LogP contribution in [-0.4, -0.2) is 32.1 Å². The van der Waals surface area contributed by atoms with Crippen molar-refractivity contribution in [1.29, 1.82) is 0 Å². The highest BCUT2D eigenvalue weighted by molar-refractivity contribution is 7.89. The van der Waals surface area contributed by atoms with Crippen LogP contribution in [0.3, 0.4) is 0 Å². The molecule has 0 spiro atoms. The van der Waals surface area contributed by atoms with Crippen LogP contribution >= 0.6 is 0 Å². The van der Waals surface area contributed by atoms with Crippen LogP contribution in [0.15, 0.2) is 23.1 Å². The van der Waals surface area contributed by atoms with Gasteiger partial charge in [0.25, 0.3) is 0 Å². The molecule has 0 fully saturated rings. The summed E-state index contributed by atoms with van der Waals surface area (Å²) in [7, 11) is -3.86. The molecular formula is C13H19NO5S. The van der Waals surface area contributed by atoms with E-state index >= 15 is 0 Å². The lowest BCUT2D eigenvalue weighted by Gasteiger charge is -2.14. The predicted molar refractivity (Wildman–Crippen MR) is 74.4 cm³/mol. The Balaban J connectivity index is 3.04. The third-order valence-corrected chi connectivity index (χ3v) is 4.23. The largest absolute Gasteiger partial charge is 0.494 e. The van der Waals surface area contributed by atoms with Gasteiger partial charge in [-0.1, -0.05) is 6.92 Å². The zero-order valence-electron chi connectivity index (χ0n) is 11.7. The Morgan fingerprint density at radius 2 is 2.05 bits per heavy atom. The minimum absolute atomic E-state index is 0.0261. The first kappa shape index (κ1) is 16.5. The predicted octanol–water partition coefficient (Wildman–Crippen LogP) is 1.54. The smallest absolute Gasteiger partial charge is 0.321 e. The molecule has 0 aliphatic heterocycles. The second kappa shape index (κ2) is 6.71. The van der Waals surface area contributed by atoms with Crippen LogP contribution in [0.1, 0.15) is 25.8 Å². The summed E-state index contributed by atoms with van der Waals surface area (Å²) in [5.74, 6) is -0.588. The molecule has 0 aliphatic carbocycles. The van der Waals surface area contributed by atoms with E-state index in [1.165, 1.54) is 12.1 Å². The Hall–Kier alpha value is -1.60. The standard InChI is InChI=1S/C13H19NO5S/c1-4-11(13(15)16)14-20(17,18)10-6-7-12(19-5-2)9(3)8-10/h6-8,11,14H,4-5H2,1-3H3,(H,15,16). The van der Waals surface area contributed by atoms with Gasteiger partial charge >= 0.3 is 5.97 Å². The summed E-state index contributed by atoms with van der Waals surface area (Å²) in [5.41, 5.74) is 0.679. The first-order chi connectivity index (χ1) is 9.31. The molecule has 20 heavy (non-hydrogen) atoms. The number of sulfonamides is 1. The van der Waals surface area contributed by atoms with Crippen molar-refractivity contribution in [2.24, 2.45) is 0 Å². The molecule has 0 amide bonds. The van der Waals surface area contributed by atoms with Crippen molar-refractivity contribution in [1.82, 2.24) is 4.72 Å². The first-order valence-corrected chi connectivity index (χ1v) is 7.78. The lowest BCUT2D eigenvalue weighted by molar-refractivity contribution is -0.139. The molecule has 1 rings (SSSR count). The van der Waals surface area contributed by atoms with Crippen LogP contribution in [-0.2, 0) is 14.8 Å². The van der Waals surface area contributed by atoms with E-state index in [2.05, 4.69) is 4.72 Å². The molecule has 7 heteroatoms. The SMILES string of the molecule is CCOc1ccc(S(=O)(=O)NC(CC)C(=O)O)cc1C. The Morgan fingerprint density at radius 1 is 1.40 bits per heavy atom. The van der Waals surface area contributed by atoms with Crippen molar-refractivity contribution in [3.8, 4) is 5.75 Å². The Kier molecular flexibility index (Phi) is 5.52. The van der Waals surface area contributed by atoms with Gasteiger partial charge in [-0.15, -0.1) is 0 Å². The third kappa shape index (κ3) is 3.94. The summed E-state index contributed by atoms with van der Waals surface area (Å²) < 4.78 is 31.7. The molecule has 0 saturated carbocycles. The van der Waals surface area contributed by atoms with Crippen LogP contribution in [0.4, 0.5) is 0 Å². The maximum atomic E-state index is 12.1. The number of aliphatic carboxylic acids is 1. The number of hydrogen-bond donors (Lipinski definition) is 2. The van der Waals surface area contributed by atoms with Crippen LogP contribution in [0.25, 0.3) is 0 Å². The van der Waals surface area contributed by atoms with Gasteiger partial charge in [-0.05, 0) is 44.0 Å². The van der Waals surface area contributed by atoms with Gasteiger partial charge in [-0.25, -0.2) is 8.42 Å². The van der Waals surface area contributed by atoms with Gasteiger partial charge in [0.2, 0.25) is 10.0 Å². The highest BCUT2D eigenvalue weighted by Crippen LogP contribution is 2.22. The number of carbonyl (C=O) groups is 1. The van der Waals surface area contributed by atoms with Gasteiger partial charge in [-0.3, -0.25) is 4.79 Å². The molecular weight excluding hydrogens is 282 g/mol. The fourth-order valence-corrected chi connectivity index (χ4v) is 3.03. The molecule has 0 saturated heterocycles. The van der Waals surface area contributed by atoms with Crippen molar-refractivity contribution in [3.63, 3.8) is 0 Å². The number of carboxylic acid groups (broad SMARTS) is 1. The van der Waals surface area contributed by atoms with Gasteiger partial charge in [0.05, 0.1) is 11.5 Å². The molecule has 1 aromatic carbocycles. The van der Waals surface area contributed by atoms with Gasteiger partial charge in [0.15, 0.2) is 0 Å². The Morgan fingerprint density at radius 3 is 2.50 bits per heavy atom. The average Bonchev–Trinajstić information content (AvgIpc) is 2.38. The summed E-state index contributed by atoms with van der Waals surface area (Å²) in [4.78, 5) is 10.9. The second-order valence-corrected chi connectivity index (χ2v) is 5.99. The Bertz CT molecular complexity index is 582. The molecule has 112 valence electrons. The molecule has 6 nitrogen and oxygen atoms in total. The topological polar surface area (TPSA) is 92.7 Å². The highest BCUT2D eigenvalue weighted by Gasteiger charge is 2.24. The van der Waals surface area contributed by atoms with Crippen molar-refractivity contribution in [2.75, 3.05) is 6.61 Å². The van der Waals surface area contributed by atoms with E-state index < -0.39 is 22.0 Å². The fourth-order valence-electron chi connectivity index (χ4n) is 1.67. The third-order valence-electron chi connectivity index (χ3n) is 2.76. The van der Waals surface area contributed by atoms with E-state index in [0.717, 1.165) is 0 Å². The molecule has 0 heterocycles. The number of carboxylic acids is 1. The van der Waals surface area contributed by atoms with Gasteiger partial charge in [0.1, 0.15) is 11.8 Å². The van der Waals surface area contributed by atoms with E-state index in [4.69, 9.17) is 9.84 Å². The molecule has 1 atom stereocenters. The van der Waals surface area contributed by atoms with Gasteiger partial charge in [0, 0.05) is 0 Å². The summed E-state index contributed by atoms with van der Waals surface area (Å²) in [5, 5.41) is 8.91. The van der Waals surface area contributed by atoms with Gasteiger partial charge in [-0.2, -0.15) is 4.72 Å². The summed E-state index contributed by atoms with van der Waals surface area (Å²) >= 11 is 0. The second-order valence-electron chi connectivity index (χ2n) is 4.28. The number of nitrogens with one attached hydrogen (secondary N) is 1. The minimum Gasteiger partial charge on any atom is -0.494 e. The lowest BCUT2D eigenvalue weighted by Crippen LogP contribution is -2.40. The van der Waals surface area contributed by atoms with Crippen LogP contribution in [0.5, 0.6) is 5.75 Å². The fraction of sp³-hybridized carbons (Fsp3) is 0.462. The van der Waals surface area contributed by atoms with Crippen LogP contribution in [0.2, 0.25) is 0 Å². The lowest BCUT2D eigenvalue weighted by atomic mass is 10.2. The zero-order chi connectivity index (χ0) is 15.3. The molecule has 0 aromatic heterocycles. The van der Waals surface area contributed by atoms with Gasteiger partial charge < -0.3 is 9.84 Å².